The van der Waals surface area contributed by atoms with E-state index in [0.717, 1.165) is 31.9 Å². The van der Waals surface area contributed by atoms with Crippen molar-refractivity contribution in [3.63, 3.8) is 0 Å². The second-order valence-corrected chi connectivity index (χ2v) is 5.12. The minimum Gasteiger partial charge on any atom is -0.384 e. The minimum absolute atomic E-state index is 0.183. The Morgan fingerprint density at radius 2 is 1.58 bits per heavy atom. The fourth-order valence-corrected chi connectivity index (χ4v) is 2.48. The first kappa shape index (κ1) is 14.3. The van der Waals surface area contributed by atoms with Gasteiger partial charge in [0.05, 0.1) is 0 Å². The Bertz CT molecular complexity index is 358. The van der Waals surface area contributed by atoms with E-state index in [2.05, 4.69) is 22.0 Å². The summed E-state index contributed by atoms with van der Waals surface area (Å²) in [7, 11) is 0. The van der Waals surface area contributed by atoms with Crippen molar-refractivity contribution >= 4 is 5.69 Å². The van der Waals surface area contributed by atoms with E-state index in [9.17, 15) is 4.39 Å². The second kappa shape index (κ2) is 7.46. The third-order valence-corrected chi connectivity index (χ3v) is 3.61. The molecule has 1 saturated heterocycles. The van der Waals surface area contributed by atoms with Crippen molar-refractivity contribution in [3.05, 3.63) is 30.1 Å². The molecule has 0 atom stereocenters. The van der Waals surface area contributed by atoms with Gasteiger partial charge in [0.25, 0.3) is 0 Å². The Morgan fingerprint density at radius 1 is 1.00 bits per heavy atom. The van der Waals surface area contributed by atoms with Crippen LogP contribution in [-0.4, -0.2) is 55.6 Å². The topological polar surface area (TPSA) is 18.5 Å². The Labute approximate surface area is 115 Å². The van der Waals surface area contributed by atoms with E-state index in [4.69, 9.17) is 0 Å². The van der Waals surface area contributed by atoms with Gasteiger partial charge in [-0.3, -0.25) is 4.90 Å². The number of hydrogen-bond acceptors (Lipinski definition) is 3. The third kappa shape index (κ3) is 4.80. The van der Waals surface area contributed by atoms with Crippen molar-refractivity contribution in [2.24, 2.45) is 0 Å². The first-order valence-electron chi connectivity index (χ1n) is 7.22. The van der Waals surface area contributed by atoms with Crippen molar-refractivity contribution in [2.45, 2.75) is 13.3 Å². The van der Waals surface area contributed by atoms with E-state index in [1.165, 1.54) is 38.2 Å². The highest BCUT2D eigenvalue weighted by Gasteiger charge is 2.15. The number of anilines is 1. The van der Waals surface area contributed by atoms with Crippen LogP contribution in [0.3, 0.4) is 0 Å². The van der Waals surface area contributed by atoms with Crippen LogP contribution in [0.2, 0.25) is 0 Å². The lowest BCUT2D eigenvalue weighted by molar-refractivity contribution is 0.136. The zero-order valence-electron chi connectivity index (χ0n) is 11.7. The smallest absolute Gasteiger partial charge is 0.123 e. The standard InChI is InChI=1S/C15H24FN3/c1-2-8-18-10-12-19(13-11-18)9-7-17-15-5-3-14(16)4-6-15/h3-6,17H,2,7-13H2,1H3. The molecule has 0 amide bonds. The van der Waals surface area contributed by atoms with E-state index in [1.54, 1.807) is 12.1 Å². The molecule has 0 radical (unpaired) electrons. The number of rotatable bonds is 6. The summed E-state index contributed by atoms with van der Waals surface area (Å²) in [6.45, 7) is 10.1. The highest BCUT2D eigenvalue weighted by Crippen LogP contribution is 2.08. The molecule has 0 unspecified atom stereocenters. The Morgan fingerprint density at radius 3 is 2.16 bits per heavy atom. The molecule has 0 aliphatic carbocycles. The zero-order valence-corrected chi connectivity index (χ0v) is 11.7. The summed E-state index contributed by atoms with van der Waals surface area (Å²) >= 11 is 0. The summed E-state index contributed by atoms with van der Waals surface area (Å²) in [6, 6.07) is 6.56. The number of nitrogens with zero attached hydrogens (tertiary/aromatic N) is 2. The molecule has 2 rings (SSSR count). The molecule has 0 aromatic heterocycles. The van der Waals surface area contributed by atoms with Gasteiger partial charge in [0.2, 0.25) is 0 Å². The summed E-state index contributed by atoms with van der Waals surface area (Å²) in [5.41, 5.74) is 0.992. The zero-order chi connectivity index (χ0) is 13.5. The van der Waals surface area contributed by atoms with Crippen LogP contribution >= 0.6 is 0 Å². The Kier molecular flexibility index (Phi) is 5.61. The maximum absolute atomic E-state index is 12.8. The monoisotopic (exact) mass is 265 g/mol. The van der Waals surface area contributed by atoms with E-state index >= 15 is 0 Å². The van der Waals surface area contributed by atoms with E-state index in [-0.39, 0.29) is 5.82 Å². The van der Waals surface area contributed by atoms with Crippen LogP contribution in [0.1, 0.15) is 13.3 Å². The van der Waals surface area contributed by atoms with Crippen LogP contribution in [0, 0.1) is 5.82 Å². The van der Waals surface area contributed by atoms with Gasteiger partial charge in [-0.2, -0.15) is 0 Å². The predicted octanol–water partition coefficient (Wildman–Crippen LogP) is 2.27. The molecular formula is C15H24FN3. The van der Waals surface area contributed by atoms with Crippen molar-refractivity contribution in [3.8, 4) is 0 Å². The Hall–Kier alpha value is -1.13. The van der Waals surface area contributed by atoms with Crippen LogP contribution in [0.5, 0.6) is 0 Å². The van der Waals surface area contributed by atoms with Gasteiger partial charge >= 0.3 is 0 Å². The molecule has 1 aromatic rings. The summed E-state index contributed by atoms with van der Waals surface area (Å²) in [4.78, 5) is 5.02. The van der Waals surface area contributed by atoms with Crippen LogP contribution < -0.4 is 5.32 Å². The van der Waals surface area contributed by atoms with Crippen molar-refractivity contribution in [1.82, 2.24) is 9.80 Å². The lowest BCUT2D eigenvalue weighted by Gasteiger charge is -2.34. The molecule has 1 heterocycles. The quantitative estimate of drug-likeness (QED) is 0.851. The van der Waals surface area contributed by atoms with Crippen molar-refractivity contribution < 1.29 is 4.39 Å². The predicted molar refractivity (Wildman–Crippen MR) is 78.1 cm³/mol. The van der Waals surface area contributed by atoms with Gasteiger partial charge in [-0.05, 0) is 37.2 Å². The molecule has 3 nitrogen and oxygen atoms in total. The Balaban J connectivity index is 1.63. The molecule has 19 heavy (non-hydrogen) atoms. The molecular weight excluding hydrogens is 241 g/mol. The third-order valence-electron chi connectivity index (χ3n) is 3.61. The number of hydrogen-bond donors (Lipinski definition) is 1. The summed E-state index contributed by atoms with van der Waals surface area (Å²) in [6.07, 6.45) is 1.24. The lowest BCUT2D eigenvalue weighted by Crippen LogP contribution is -2.47. The van der Waals surface area contributed by atoms with Crippen molar-refractivity contribution in [2.75, 3.05) is 51.1 Å². The largest absolute Gasteiger partial charge is 0.384 e. The average molecular weight is 265 g/mol. The average Bonchev–Trinajstić information content (AvgIpc) is 2.43. The van der Waals surface area contributed by atoms with Crippen molar-refractivity contribution in [1.29, 1.82) is 0 Å². The van der Waals surface area contributed by atoms with Gasteiger partial charge in [-0.15, -0.1) is 0 Å². The van der Waals surface area contributed by atoms with Crippen LogP contribution in [0.4, 0.5) is 10.1 Å². The molecule has 1 fully saturated rings. The molecule has 4 heteroatoms. The molecule has 1 aromatic carbocycles. The first-order chi connectivity index (χ1) is 9.28. The fraction of sp³-hybridized carbons (Fsp3) is 0.600. The SMILES string of the molecule is CCCN1CCN(CCNc2ccc(F)cc2)CC1. The van der Waals surface area contributed by atoms with Crippen LogP contribution in [-0.2, 0) is 0 Å². The van der Waals surface area contributed by atoms with Gasteiger partial charge in [0, 0.05) is 45.0 Å². The molecule has 0 bridgehead atoms. The molecule has 1 aliphatic rings. The highest BCUT2D eigenvalue weighted by atomic mass is 19.1. The normalized spacial score (nSPS) is 17.6. The maximum Gasteiger partial charge on any atom is 0.123 e. The van der Waals surface area contributed by atoms with Crippen LogP contribution in [0.15, 0.2) is 24.3 Å². The number of piperazine rings is 1. The van der Waals surface area contributed by atoms with Gasteiger partial charge in [0.15, 0.2) is 0 Å². The molecule has 0 saturated carbocycles. The summed E-state index contributed by atoms with van der Waals surface area (Å²) in [5.74, 6) is -0.183. The van der Waals surface area contributed by atoms with Gasteiger partial charge in [-0.25, -0.2) is 4.39 Å². The van der Waals surface area contributed by atoms with Gasteiger partial charge in [0.1, 0.15) is 5.82 Å². The second-order valence-electron chi connectivity index (χ2n) is 5.12. The first-order valence-corrected chi connectivity index (χ1v) is 7.22. The lowest BCUT2D eigenvalue weighted by atomic mass is 10.3. The number of benzene rings is 1. The minimum atomic E-state index is -0.183. The van der Waals surface area contributed by atoms with Gasteiger partial charge < -0.3 is 10.2 Å². The summed E-state index contributed by atoms with van der Waals surface area (Å²) in [5, 5.41) is 3.33. The molecule has 0 spiro atoms. The molecule has 106 valence electrons. The number of halogens is 1. The van der Waals surface area contributed by atoms with Gasteiger partial charge in [-0.1, -0.05) is 6.92 Å². The fourth-order valence-electron chi connectivity index (χ4n) is 2.48. The van der Waals surface area contributed by atoms with Crippen LogP contribution in [0.25, 0.3) is 0 Å². The number of nitrogens with one attached hydrogen (secondary N) is 1. The highest BCUT2D eigenvalue weighted by molar-refractivity contribution is 5.42. The summed E-state index contributed by atoms with van der Waals surface area (Å²) < 4.78 is 12.8. The van der Waals surface area contributed by atoms with E-state index in [0.29, 0.717) is 0 Å². The molecule has 1 aliphatic heterocycles. The maximum atomic E-state index is 12.8. The van der Waals surface area contributed by atoms with E-state index in [1.807, 2.05) is 0 Å². The van der Waals surface area contributed by atoms with E-state index < -0.39 is 0 Å². The molecule has 1 N–H and O–H groups in total.